The van der Waals surface area contributed by atoms with Crippen LogP contribution in [0.5, 0.6) is 5.75 Å². The van der Waals surface area contributed by atoms with Crippen molar-refractivity contribution in [3.05, 3.63) is 47.1 Å². The van der Waals surface area contributed by atoms with Gasteiger partial charge in [0.25, 0.3) is 0 Å². The maximum absolute atomic E-state index is 11.4. The third-order valence-corrected chi connectivity index (χ3v) is 9.41. The van der Waals surface area contributed by atoms with E-state index in [1.165, 1.54) is 17.6 Å². The van der Waals surface area contributed by atoms with Crippen LogP contribution in [-0.2, 0) is 0 Å². The second-order valence-corrected chi connectivity index (χ2v) is 10.8. The van der Waals surface area contributed by atoms with E-state index in [9.17, 15) is 10.2 Å². The first-order valence-corrected chi connectivity index (χ1v) is 11.8. The topological polar surface area (TPSA) is 49.7 Å². The van der Waals surface area contributed by atoms with E-state index in [0.29, 0.717) is 17.8 Å². The largest absolute Gasteiger partial charge is 0.497 e. The highest BCUT2D eigenvalue weighted by Gasteiger charge is 2.59. The molecule has 162 valence electrons. The van der Waals surface area contributed by atoms with Crippen molar-refractivity contribution in [2.45, 2.75) is 71.0 Å². The number of fused-ring (bicyclic) bond motifs is 5. The van der Waals surface area contributed by atoms with Gasteiger partial charge in [0, 0.05) is 5.41 Å². The number of hydrogen-bond donors (Lipinski definition) is 2. The number of ether oxygens (including phenoxy) is 1. The molecule has 1 aromatic rings. The zero-order chi connectivity index (χ0) is 21.1. The summed E-state index contributed by atoms with van der Waals surface area (Å²) in [5.74, 6) is 2.74. The summed E-state index contributed by atoms with van der Waals surface area (Å²) in [4.78, 5) is 0. The number of aliphatic hydroxyl groups excluding tert-OH is 2. The van der Waals surface area contributed by atoms with Gasteiger partial charge in [0.05, 0.1) is 19.3 Å². The van der Waals surface area contributed by atoms with Crippen molar-refractivity contribution < 1.29 is 14.9 Å². The maximum atomic E-state index is 11.4. The highest BCUT2D eigenvalue weighted by molar-refractivity contribution is 5.56. The van der Waals surface area contributed by atoms with E-state index in [1.807, 2.05) is 12.1 Å². The average Bonchev–Trinajstić information content (AvgIpc) is 3.00. The number of methoxy groups -OCH3 is 1. The first-order valence-electron chi connectivity index (χ1n) is 11.8. The van der Waals surface area contributed by atoms with Gasteiger partial charge in [0.1, 0.15) is 5.75 Å². The van der Waals surface area contributed by atoms with Crippen molar-refractivity contribution in [2.75, 3.05) is 7.11 Å². The van der Waals surface area contributed by atoms with E-state index in [1.54, 1.807) is 7.11 Å². The van der Waals surface area contributed by atoms with Crippen LogP contribution in [-0.4, -0.2) is 29.5 Å². The molecule has 30 heavy (non-hydrogen) atoms. The summed E-state index contributed by atoms with van der Waals surface area (Å²) < 4.78 is 5.28. The van der Waals surface area contributed by atoms with Crippen LogP contribution in [0.4, 0.5) is 0 Å². The fourth-order valence-corrected chi connectivity index (χ4v) is 7.55. The number of aliphatic hydroxyl groups is 2. The second kappa shape index (κ2) is 7.24. The minimum Gasteiger partial charge on any atom is -0.497 e. The predicted molar refractivity (Wildman–Crippen MR) is 120 cm³/mol. The van der Waals surface area contributed by atoms with Crippen LogP contribution >= 0.6 is 0 Å². The van der Waals surface area contributed by atoms with Gasteiger partial charge in [-0.3, -0.25) is 0 Å². The van der Waals surface area contributed by atoms with Gasteiger partial charge in [-0.2, -0.15) is 0 Å². The summed E-state index contributed by atoms with van der Waals surface area (Å²) in [5, 5.41) is 21.6. The molecular weight excluding hydrogens is 372 g/mol. The SMILES string of the molecule is COc1ccc(C=C2C[C@@H]3[C@@H]4CC=C5C[C@H](O)CC[C@]5(C)[C@H]4CC[C@@]3(C)[C@H]2O)cc1. The highest BCUT2D eigenvalue weighted by Crippen LogP contribution is 2.65. The Balaban J connectivity index is 1.44. The molecule has 3 nitrogen and oxygen atoms in total. The van der Waals surface area contributed by atoms with E-state index in [2.05, 4.69) is 38.1 Å². The van der Waals surface area contributed by atoms with E-state index >= 15 is 0 Å². The molecular formula is C27H36O3. The van der Waals surface area contributed by atoms with Crippen molar-refractivity contribution in [3.63, 3.8) is 0 Å². The lowest BCUT2D eigenvalue weighted by Gasteiger charge is -2.57. The van der Waals surface area contributed by atoms with Gasteiger partial charge < -0.3 is 14.9 Å². The third-order valence-electron chi connectivity index (χ3n) is 9.41. The van der Waals surface area contributed by atoms with Gasteiger partial charge in [-0.05, 0) is 91.4 Å². The minimum absolute atomic E-state index is 0.0185. The molecule has 3 heteroatoms. The van der Waals surface area contributed by atoms with Crippen molar-refractivity contribution in [1.82, 2.24) is 0 Å². The standard InChI is InChI=1S/C27H36O3/c1-26-12-10-20(28)16-19(26)6-9-22-23(26)11-13-27(2)24(22)15-18(25(27)29)14-17-4-7-21(30-3)8-5-17/h4-8,14,20,22-25,28-29H,9-13,15-16H2,1-3H3/t20-,22-,23+,24-,25+,26+,27-/m1/s1. The molecule has 0 spiro atoms. The van der Waals surface area contributed by atoms with Crippen molar-refractivity contribution >= 4 is 6.08 Å². The van der Waals surface area contributed by atoms with Crippen LogP contribution in [0.25, 0.3) is 6.08 Å². The van der Waals surface area contributed by atoms with Gasteiger partial charge in [0.2, 0.25) is 0 Å². The fraction of sp³-hybridized carbons (Fsp3) is 0.630. The lowest BCUT2D eigenvalue weighted by Crippen LogP contribution is -2.51. The summed E-state index contributed by atoms with van der Waals surface area (Å²) in [6, 6.07) is 8.14. The van der Waals surface area contributed by atoms with Gasteiger partial charge >= 0.3 is 0 Å². The quantitative estimate of drug-likeness (QED) is 0.647. The molecule has 2 N–H and O–H groups in total. The van der Waals surface area contributed by atoms with Crippen LogP contribution in [0, 0.1) is 28.6 Å². The molecule has 0 aromatic heterocycles. The number of hydrogen-bond acceptors (Lipinski definition) is 3. The average molecular weight is 409 g/mol. The molecule has 3 saturated carbocycles. The smallest absolute Gasteiger partial charge is 0.118 e. The molecule has 0 radical (unpaired) electrons. The molecule has 0 amide bonds. The van der Waals surface area contributed by atoms with Crippen molar-refractivity contribution in [1.29, 1.82) is 0 Å². The van der Waals surface area contributed by atoms with Crippen LogP contribution in [0.3, 0.4) is 0 Å². The molecule has 7 atom stereocenters. The Bertz CT molecular complexity index is 869. The fourth-order valence-electron chi connectivity index (χ4n) is 7.55. The maximum Gasteiger partial charge on any atom is 0.118 e. The second-order valence-electron chi connectivity index (χ2n) is 10.8. The Morgan fingerprint density at radius 1 is 1.00 bits per heavy atom. The zero-order valence-corrected chi connectivity index (χ0v) is 18.6. The molecule has 4 aliphatic carbocycles. The molecule has 4 aliphatic rings. The molecule has 1 aromatic carbocycles. The summed E-state index contributed by atoms with van der Waals surface area (Å²) in [6.45, 7) is 4.79. The van der Waals surface area contributed by atoms with Gasteiger partial charge in [-0.1, -0.05) is 43.7 Å². The first kappa shape index (κ1) is 20.3. The van der Waals surface area contributed by atoms with Gasteiger partial charge in [-0.25, -0.2) is 0 Å². The summed E-state index contributed by atoms with van der Waals surface area (Å²) in [7, 11) is 1.69. The van der Waals surface area contributed by atoms with E-state index in [4.69, 9.17) is 4.74 Å². The van der Waals surface area contributed by atoms with Crippen LogP contribution in [0.15, 0.2) is 41.5 Å². The Morgan fingerprint density at radius 3 is 2.50 bits per heavy atom. The normalized spacial score (nSPS) is 44.1. The lowest BCUT2D eigenvalue weighted by atomic mass is 9.48. The zero-order valence-electron chi connectivity index (χ0n) is 18.6. The first-order chi connectivity index (χ1) is 14.3. The summed E-state index contributed by atoms with van der Waals surface area (Å²) in [6.07, 6.45) is 11.5. The minimum atomic E-state index is -0.350. The monoisotopic (exact) mass is 408 g/mol. The van der Waals surface area contributed by atoms with Crippen LogP contribution in [0.2, 0.25) is 0 Å². The molecule has 0 saturated heterocycles. The Hall–Kier alpha value is -1.58. The number of rotatable bonds is 2. The Morgan fingerprint density at radius 2 is 1.77 bits per heavy atom. The molecule has 3 fully saturated rings. The van der Waals surface area contributed by atoms with Crippen molar-refractivity contribution in [2.24, 2.45) is 28.6 Å². The van der Waals surface area contributed by atoms with E-state index < -0.39 is 0 Å². The Kier molecular flexibility index (Phi) is 4.91. The van der Waals surface area contributed by atoms with E-state index in [0.717, 1.165) is 49.8 Å². The summed E-state index contributed by atoms with van der Waals surface area (Å²) >= 11 is 0. The highest BCUT2D eigenvalue weighted by atomic mass is 16.5. The molecule has 5 rings (SSSR count). The van der Waals surface area contributed by atoms with Gasteiger partial charge in [-0.15, -0.1) is 0 Å². The number of benzene rings is 1. The molecule has 0 unspecified atom stereocenters. The van der Waals surface area contributed by atoms with Crippen molar-refractivity contribution in [3.8, 4) is 5.75 Å². The summed E-state index contributed by atoms with van der Waals surface area (Å²) in [5.41, 5.74) is 4.08. The molecule has 0 heterocycles. The van der Waals surface area contributed by atoms with Gasteiger partial charge in [0.15, 0.2) is 0 Å². The molecule has 0 bridgehead atoms. The van der Waals surface area contributed by atoms with Crippen LogP contribution < -0.4 is 4.74 Å². The lowest BCUT2D eigenvalue weighted by molar-refractivity contribution is -0.0685. The Labute approximate surface area is 180 Å². The van der Waals surface area contributed by atoms with Crippen LogP contribution in [0.1, 0.15) is 64.4 Å². The predicted octanol–water partition coefficient (Wildman–Crippen LogP) is 5.37. The number of allylic oxidation sites excluding steroid dienone is 1. The van der Waals surface area contributed by atoms with E-state index in [-0.39, 0.29) is 23.0 Å². The third kappa shape index (κ3) is 3.00. The molecule has 0 aliphatic heterocycles.